The summed E-state index contributed by atoms with van der Waals surface area (Å²) in [5.41, 5.74) is 6.04. The maximum Gasteiger partial charge on any atom is 0.271 e. The molecule has 0 atom stereocenters. The molecular formula is C18H22N4O2. The Morgan fingerprint density at radius 3 is 2.71 bits per heavy atom. The van der Waals surface area contributed by atoms with Gasteiger partial charge in [0.15, 0.2) is 0 Å². The third-order valence-electron chi connectivity index (χ3n) is 3.68. The Morgan fingerprint density at radius 1 is 1.33 bits per heavy atom. The van der Waals surface area contributed by atoms with Crippen molar-refractivity contribution in [1.29, 1.82) is 0 Å². The fraction of sp³-hybridized carbons (Fsp3) is 0.278. The predicted octanol–water partition coefficient (Wildman–Crippen LogP) is 1.97. The van der Waals surface area contributed by atoms with Crippen LogP contribution in [-0.4, -0.2) is 41.9 Å². The molecule has 0 unspecified atom stereocenters. The summed E-state index contributed by atoms with van der Waals surface area (Å²) >= 11 is 0. The van der Waals surface area contributed by atoms with E-state index in [-0.39, 0.29) is 12.5 Å². The van der Waals surface area contributed by atoms with Gasteiger partial charge in [-0.1, -0.05) is 6.07 Å². The number of likely N-dealkylation sites (N-methyl/N-ethyl adjacent to an activating group) is 1. The number of nitrogens with one attached hydrogen (secondary N) is 1. The summed E-state index contributed by atoms with van der Waals surface area (Å²) in [4.78, 5) is 17.9. The average Bonchev–Trinajstić information content (AvgIpc) is 2.61. The predicted molar refractivity (Wildman–Crippen MR) is 95.4 cm³/mol. The molecule has 1 aromatic heterocycles. The number of hydrazone groups is 1. The van der Waals surface area contributed by atoms with E-state index >= 15 is 0 Å². The zero-order valence-corrected chi connectivity index (χ0v) is 13.9. The lowest BCUT2D eigenvalue weighted by atomic mass is 10.1. The Balaban J connectivity index is 2.03. The van der Waals surface area contributed by atoms with Crippen LogP contribution in [0.2, 0.25) is 0 Å². The summed E-state index contributed by atoms with van der Waals surface area (Å²) in [7, 11) is 0. The van der Waals surface area contributed by atoms with Gasteiger partial charge in [-0.3, -0.25) is 9.78 Å². The highest BCUT2D eigenvalue weighted by atomic mass is 16.3. The second kappa shape index (κ2) is 8.79. The molecule has 0 spiro atoms. The maximum atomic E-state index is 11.9. The first kappa shape index (κ1) is 17.6. The monoisotopic (exact) mass is 326 g/mol. The quantitative estimate of drug-likeness (QED) is 0.602. The van der Waals surface area contributed by atoms with E-state index in [4.69, 9.17) is 5.11 Å². The van der Waals surface area contributed by atoms with Gasteiger partial charge in [-0.2, -0.15) is 5.10 Å². The van der Waals surface area contributed by atoms with Gasteiger partial charge in [0.1, 0.15) is 0 Å². The SMILES string of the molecule is CCN(CCO)c1ccc(/C=N\NC(=O)c2ccncc2)c(C)c1. The topological polar surface area (TPSA) is 77.8 Å². The van der Waals surface area contributed by atoms with Crippen LogP contribution in [0.3, 0.4) is 0 Å². The molecule has 0 aliphatic rings. The standard InChI is InChI=1S/C18H22N4O2/c1-3-22(10-11-23)17-5-4-16(14(2)12-17)13-20-21-18(24)15-6-8-19-9-7-15/h4-9,12-13,23H,3,10-11H2,1-2H3,(H,21,24)/b20-13-. The average molecular weight is 326 g/mol. The van der Waals surface area contributed by atoms with E-state index in [0.29, 0.717) is 12.1 Å². The summed E-state index contributed by atoms with van der Waals surface area (Å²) in [5.74, 6) is -0.275. The van der Waals surface area contributed by atoms with Crippen LogP contribution in [0.5, 0.6) is 0 Å². The van der Waals surface area contributed by atoms with E-state index in [9.17, 15) is 4.79 Å². The molecule has 0 bridgehead atoms. The van der Waals surface area contributed by atoms with E-state index in [1.165, 1.54) is 0 Å². The van der Waals surface area contributed by atoms with Gasteiger partial charge < -0.3 is 10.0 Å². The molecule has 6 heteroatoms. The van der Waals surface area contributed by atoms with E-state index in [1.54, 1.807) is 30.7 Å². The van der Waals surface area contributed by atoms with Gasteiger partial charge in [0.2, 0.25) is 0 Å². The molecule has 0 aliphatic carbocycles. The van der Waals surface area contributed by atoms with Crippen molar-refractivity contribution in [2.45, 2.75) is 13.8 Å². The largest absolute Gasteiger partial charge is 0.395 e. The van der Waals surface area contributed by atoms with Crippen LogP contribution in [0.25, 0.3) is 0 Å². The Kier molecular flexibility index (Phi) is 6.45. The van der Waals surface area contributed by atoms with Gasteiger partial charge in [0.25, 0.3) is 5.91 Å². The lowest BCUT2D eigenvalue weighted by Crippen LogP contribution is -2.26. The lowest BCUT2D eigenvalue weighted by molar-refractivity contribution is 0.0955. The second-order valence-electron chi connectivity index (χ2n) is 5.28. The molecule has 1 amide bonds. The maximum absolute atomic E-state index is 11.9. The minimum atomic E-state index is -0.275. The normalized spacial score (nSPS) is 10.8. The van der Waals surface area contributed by atoms with Crippen molar-refractivity contribution in [2.75, 3.05) is 24.6 Å². The van der Waals surface area contributed by atoms with Crippen LogP contribution < -0.4 is 10.3 Å². The number of amides is 1. The molecule has 0 radical (unpaired) electrons. The zero-order chi connectivity index (χ0) is 17.4. The van der Waals surface area contributed by atoms with Crippen LogP contribution in [0.1, 0.15) is 28.4 Å². The van der Waals surface area contributed by atoms with Crippen molar-refractivity contribution in [3.05, 3.63) is 59.4 Å². The Morgan fingerprint density at radius 2 is 2.08 bits per heavy atom. The molecule has 2 aromatic rings. The molecular weight excluding hydrogens is 304 g/mol. The van der Waals surface area contributed by atoms with Gasteiger partial charge in [-0.25, -0.2) is 5.43 Å². The molecule has 1 heterocycles. The number of aliphatic hydroxyl groups excluding tert-OH is 1. The summed E-state index contributed by atoms with van der Waals surface area (Å²) in [5, 5.41) is 13.1. The highest BCUT2D eigenvalue weighted by Crippen LogP contribution is 2.18. The molecule has 126 valence electrons. The summed E-state index contributed by atoms with van der Waals surface area (Å²) in [6.45, 7) is 5.59. The van der Waals surface area contributed by atoms with Crippen molar-refractivity contribution in [2.24, 2.45) is 5.10 Å². The number of hydrogen-bond donors (Lipinski definition) is 2. The minimum Gasteiger partial charge on any atom is -0.395 e. The van der Waals surface area contributed by atoms with Crippen molar-refractivity contribution in [1.82, 2.24) is 10.4 Å². The third kappa shape index (κ3) is 4.63. The van der Waals surface area contributed by atoms with Crippen LogP contribution in [0.15, 0.2) is 47.8 Å². The van der Waals surface area contributed by atoms with E-state index in [0.717, 1.165) is 23.4 Å². The number of pyridine rings is 1. The number of hydrogen-bond acceptors (Lipinski definition) is 5. The van der Waals surface area contributed by atoms with Crippen molar-refractivity contribution in [3.8, 4) is 0 Å². The fourth-order valence-corrected chi connectivity index (χ4v) is 2.32. The number of carbonyl (C=O) groups is 1. The van der Waals surface area contributed by atoms with Gasteiger partial charge >= 0.3 is 0 Å². The molecule has 6 nitrogen and oxygen atoms in total. The number of anilines is 1. The highest BCUT2D eigenvalue weighted by molar-refractivity contribution is 5.94. The molecule has 1 aromatic carbocycles. The minimum absolute atomic E-state index is 0.122. The van der Waals surface area contributed by atoms with Gasteiger partial charge in [0, 0.05) is 36.7 Å². The number of aryl methyl sites for hydroxylation is 1. The first-order valence-corrected chi connectivity index (χ1v) is 7.85. The van der Waals surface area contributed by atoms with E-state index < -0.39 is 0 Å². The second-order valence-corrected chi connectivity index (χ2v) is 5.28. The first-order chi connectivity index (χ1) is 11.7. The fourth-order valence-electron chi connectivity index (χ4n) is 2.32. The van der Waals surface area contributed by atoms with Crippen molar-refractivity contribution < 1.29 is 9.90 Å². The summed E-state index contributed by atoms with van der Waals surface area (Å²) in [6, 6.07) is 9.24. The number of rotatable bonds is 7. The third-order valence-corrected chi connectivity index (χ3v) is 3.68. The van der Waals surface area contributed by atoms with Crippen LogP contribution >= 0.6 is 0 Å². The van der Waals surface area contributed by atoms with Crippen LogP contribution in [0.4, 0.5) is 5.69 Å². The van der Waals surface area contributed by atoms with E-state index in [2.05, 4.69) is 27.3 Å². The summed E-state index contributed by atoms with van der Waals surface area (Å²) in [6.07, 6.45) is 4.75. The molecule has 2 N–H and O–H groups in total. The molecule has 0 saturated heterocycles. The molecule has 2 rings (SSSR count). The number of nitrogens with zero attached hydrogens (tertiary/aromatic N) is 3. The zero-order valence-electron chi connectivity index (χ0n) is 13.9. The smallest absolute Gasteiger partial charge is 0.271 e. The van der Waals surface area contributed by atoms with Crippen LogP contribution in [-0.2, 0) is 0 Å². The van der Waals surface area contributed by atoms with Crippen molar-refractivity contribution >= 4 is 17.8 Å². The molecule has 0 saturated carbocycles. The number of carbonyl (C=O) groups excluding carboxylic acids is 1. The lowest BCUT2D eigenvalue weighted by Gasteiger charge is -2.22. The Bertz CT molecular complexity index is 701. The summed E-state index contributed by atoms with van der Waals surface area (Å²) < 4.78 is 0. The van der Waals surface area contributed by atoms with Crippen molar-refractivity contribution in [3.63, 3.8) is 0 Å². The van der Waals surface area contributed by atoms with Crippen LogP contribution in [0, 0.1) is 6.92 Å². The number of benzene rings is 1. The first-order valence-electron chi connectivity index (χ1n) is 7.85. The Labute approximate surface area is 141 Å². The van der Waals surface area contributed by atoms with Gasteiger partial charge in [-0.05, 0) is 49.2 Å². The number of aromatic nitrogens is 1. The van der Waals surface area contributed by atoms with Gasteiger partial charge in [-0.15, -0.1) is 0 Å². The molecule has 0 aliphatic heterocycles. The number of aliphatic hydroxyl groups is 1. The Hall–Kier alpha value is -2.73. The van der Waals surface area contributed by atoms with Gasteiger partial charge in [0.05, 0.1) is 12.8 Å². The van der Waals surface area contributed by atoms with E-state index in [1.807, 2.05) is 25.1 Å². The molecule has 24 heavy (non-hydrogen) atoms. The molecule has 0 fully saturated rings. The highest BCUT2D eigenvalue weighted by Gasteiger charge is 2.06.